The van der Waals surface area contributed by atoms with Crippen molar-refractivity contribution in [2.45, 2.75) is 12.5 Å². The Balaban J connectivity index is 2.13. The fraction of sp³-hybridized carbons (Fsp3) is 0.417. The van der Waals surface area contributed by atoms with Crippen molar-refractivity contribution >= 4 is 11.6 Å². The fourth-order valence-electron chi connectivity index (χ4n) is 1.90. The van der Waals surface area contributed by atoms with Crippen molar-refractivity contribution < 1.29 is 14.6 Å². The molecule has 1 heterocycles. The average molecular weight is 236 g/mol. The van der Waals surface area contributed by atoms with E-state index in [2.05, 4.69) is 10.6 Å². The van der Waals surface area contributed by atoms with Crippen LogP contribution in [-0.4, -0.2) is 31.3 Å². The smallest absolute Gasteiger partial charge is 0.246 e. The number of methoxy groups -OCH3 is 1. The summed E-state index contributed by atoms with van der Waals surface area (Å²) in [5, 5.41) is 14.6. The van der Waals surface area contributed by atoms with Gasteiger partial charge in [0.1, 0.15) is 11.8 Å². The minimum Gasteiger partial charge on any atom is -0.497 e. The maximum Gasteiger partial charge on any atom is 0.246 e. The Hall–Kier alpha value is -1.59. The normalized spacial score (nSPS) is 17.8. The molecule has 0 aromatic heterocycles. The summed E-state index contributed by atoms with van der Waals surface area (Å²) >= 11 is 0. The predicted octanol–water partition coefficient (Wildman–Crippen LogP) is 0.660. The molecule has 0 bridgehead atoms. The fourth-order valence-corrected chi connectivity index (χ4v) is 1.90. The molecule has 5 heteroatoms. The number of rotatable bonds is 5. The standard InChI is InChI=1S/C12H16N2O3/c1-17-8-3-4-9-10(7-8)14-12(16)11(9)13-5-2-6-15/h3-4,7,11,13,15H,2,5-6H2,1H3,(H,14,16). The van der Waals surface area contributed by atoms with E-state index < -0.39 is 0 Å². The van der Waals surface area contributed by atoms with Gasteiger partial charge in [-0.15, -0.1) is 0 Å². The molecular formula is C12H16N2O3. The molecule has 17 heavy (non-hydrogen) atoms. The summed E-state index contributed by atoms with van der Waals surface area (Å²) in [7, 11) is 1.59. The monoisotopic (exact) mass is 236 g/mol. The van der Waals surface area contributed by atoms with Crippen molar-refractivity contribution in [1.82, 2.24) is 5.32 Å². The van der Waals surface area contributed by atoms with Gasteiger partial charge in [-0.25, -0.2) is 0 Å². The van der Waals surface area contributed by atoms with Crippen LogP contribution in [0.2, 0.25) is 0 Å². The van der Waals surface area contributed by atoms with E-state index in [0.717, 1.165) is 17.0 Å². The summed E-state index contributed by atoms with van der Waals surface area (Å²) in [6.07, 6.45) is 0.634. The van der Waals surface area contributed by atoms with Crippen molar-refractivity contribution in [2.75, 3.05) is 25.6 Å². The molecule has 0 saturated heterocycles. The topological polar surface area (TPSA) is 70.6 Å². The van der Waals surface area contributed by atoms with Crippen LogP contribution in [0, 0.1) is 0 Å². The SMILES string of the molecule is COc1ccc2c(c1)NC(=O)C2NCCCO. The van der Waals surface area contributed by atoms with E-state index in [0.29, 0.717) is 13.0 Å². The Morgan fingerprint density at radius 2 is 2.35 bits per heavy atom. The molecule has 1 aliphatic heterocycles. The van der Waals surface area contributed by atoms with Crippen LogP contribution in [0.15, 0.2) is 18.2 Å². The number of hydrogen-bond acceptors (Lipinski definition) is 4. The lowest BCUT2D eigenvalue weighted by atomic mass is 10.1. The molecule has 1 aromatic carbocycles. The van der Waals surface area contributed by atoms with Crippen molar-refractivity contribution in [3.05, 3.63) is 23.8 Å². The Morgan fingerprint density at radius 1 is 1.53 bits per heavy atom. The summed E-state index contributed by atoms with van der Waals surface area (Å²) < 4.78 is 5.10. The van der Waals surface area contributed by atoms with Crippen LogP contribution < -0.4 is 15.4 Å². The number of anilines is 1. The van der Waals surface area contributed by atoms with Crippen LogP contribution in [0.5, 0.6) is 5.75 Å². The molecule has 0 radical (unpaired) electrons. The van der Waals surface area contributed by atoms with Gasteiger partial charge in [0.15, 0.2) is 0 Å². The molecule has 1 atom stereocenters. The van der Waals surface area contributed by atoms with Gasteiger partial charge in [0.05, 0.1) is 7.11 Å². The Bertz CT molecular complexity index is 420. The first kappa shape index (κ1) is 11.9. The molecule has 0 spiro atoms. The van der Waals surface area contributed by atoms with Crippen LogP contribution in [0.4, 0.5) is 5.69 Å². The molecular weight excluding hydrogens is 220 g/mol. The highest BCUT2D eigenvalue weighted by atomic mass is 16.5. The summed E-state index contributed by atoms with van der Waals surface area (Å²) in [6, 6.07) is 5.19. The minimum atomic E-state index is -0.331. The summed E-state index contributed by atoms with van der Waals surface area (Å²) in [4.78, 5) is 11.7. The first-order valence-electron chi connectivity index (χ1n) is 5.59. The number of nitrogens with one attached hydrogen (secondary N) is 2. The number of fused-ring (bicyclic) bond motifs is 1. The molecule has 1 amide bonds. The van der Waals surface area contributed by atoms with Gasteiger partial charge < -0.3 is 20.5 Å². The van der Waals surface area contributed by atoms with Gasteiger partial charge in [0, 0.05) is 23.9 Å². The van der Waals surface area contributed by atoms with Gasteiger partial charge >= 0.3 is 0 Å². The lowest BCUT2D eigenvalue weighted by Gasteiger charge is -2.10. The van der Waals surface area contributed by atoms with Crippen LogP contribution in [0.1, 0.15) is 18.0 Å². The molecule has 0 fully saturated rings. The summed E-state index contributed by atoms with van der Waals surface area (Å²) in [6.45, 7) is 0.733. The number of amides is 1. The zero-order valence-electron chi connectivity index (χ0n) is 9.69. The highest BCUT2D eigenvalue weighted by Crippen LogP contribution is 2.33. The third-order valence-electron chi connectivity index (χ3n) is 2.77. The van der Waals surface area contributed by atoms with Gasteiger partial charge in [0.25, 0.3) is 0 Å². The second-order valence-corrected chi connectivity index (χ2v) is 3.91. The largest absolute Gasteiger partial charge is 0.497 e. The molecule has 1 aliphatic rings. The maximum absolute atomic E-state index is 11.7. The van der Waals surface area contributed by atoms with Gasteiger partial charge in [0.2, 0.25) is 5.91 Å². The van der Waals surface area contributed by atoms with Crippen LogP contribution >= 0.6 is 0 Å². The number of aliphatic hydroxyl groups excluding tert-OH is 1. The molecule has 2 rings (SSSR count). The highest BCUT2D eigenvalue weighted by Gasteiger charge is 2.29. The van der Waals surface area contributed by atoms with E-state index in [1.54, 1.807) is 13.2 Å². The van der Waals surface area contributed by atoms with Crippen molar-refractivity contribution in [3.8, 4) is 5.75 Å². The van der Waals surface area contributed by atoms with E-state index in [4.69, 9.17) is 9.84 Å². The Kier molecular flexibility index (Phi) is 3.61. The van der Waals surface area contributed by atoms with E-state index in [-0.39, 0.29) is 18.6 Å². The second-order valence-electron chi connectivity index (χ2n) is 3.91. The molecule has 1 aromatic rings. The number of aliphatic hydroxyl groups is 1. The first-order valence-corrected chi connectivity index (χ1v) is 5.59. The zero-order valence-corrected chi connectivity index (χ0v) is 9.69. The van der Waals surface area contributed by atoms with E-state index in [9.17, 15) is 4.79 Å². The average Bonchev–Trinajstić information content (AvgIpc) is 2.65. The maximum atomic E-state index is 11.7. The summed E-state index contributed by atoms with van der Waals surface area (Å²) in [5.41, 5.74) is 1.71. The third kappa shape index (κ3) is 2.40. The highest BCUT2D eigenvalue weighted by molar-refractivity contribution is 6.02. The number of ether oxygens (including phenoxy) is 1. The molecule has 0 aliphatic carbocycles. The lowest BCUT2D eigenvalue weighted by molar-refractivity contribution is -0.117. The van der Waals surface area contributed by atoms with Crippen molar-refractivity contribution in [1.29, 1.82) is 0 Å². The first-order chi connectivity index (χ1) is 8.26. The van der Waals surface area contributed by atoms with Crippen LogP contribution in [0.25, 0.3) is 0 Å². The molecule has 0 saturated carbocycles. The van der Waals surface area contributed by atoms with E-state index >= 15 is 0 Å². The van der Waals surface area contributed by atoms with Crippen LogP contribution in [-0.2, 0) is 4.79 Å². The van der Waals surface area contributed by atoms with Crippen molar-refractivity contribution in [2.24, 2.45) is 0 Å². The molecule has 1 unspecified atom stereocenters. The van der Waals surface area contributed by atoms with Gasteiger partial charge in [-0.1, -0.05) is 6.07 Å². The predicted molar refractivity (Wildman–Crippen MR) is 64.1 cm³/mol. The van der Waals surface area contributed by atoms with E-state index in [1.807, 2.05) is 12.1 Å². The molecule has 5 nitrogen and oxygen atoms in total. The minimum absolute atomic E-state index is 0.0637. The number of benzene rings is 1. The van der Waals surface area contributed by atoms with Crippen molar-refractivity contribution in [3.63, 3.8) is 0 Å². The quantitative estimate of drug-likeness (QED) is 0.657. The number of carbonyl (C=O) groups is 1. The summed E-state index contributed by atoms with van der Waals surface area (Å²) in [5.74, 6) is 0.659. The number of hydrogen-bond donors (Lipinski definition) is 3. The Morgan fingerprint density at radius 3 is 3.06 bits per heavy atom. The van der Waals surface area contributed by atoms with E-state index in [1.165, 1.54) is 0 Å². The third-order valence-corrected chi connectivity index (χ3v) is 2.77. The lowest BCUT2D eigenvalue weighted by Crippen LogP contribution is -2.28. The van der Waals surface area contributed by atoms with Gasteiger partial charge in [-0.05, 0) is 19.0 Å². The molecule has 92 valence electrons. The molecule has 3 N–H and O–H groups in total. The second kappa shape index (κ2) is 5.16. The number of carbonyl (C=O) groups excluding carboxylic acids is 1. The van der Waals surface area contributed by atoms with Gasteiger partial charge in [-0.2, -0.15) is 0 Å². The zero-order chi connectivity index (χ0) is 12.3. The van der Waals surface area contributed by atoms with Gasteiger partial charge in [-0.3, -0.25) is 4.79 Å². The Labute approximate surface area is 99.8 Å². The van der Waals surface area contributed by atoms with Crippen LogP contribution in [0.3, 0.4) is 0 Å².